The van der Waals surface area contributed by atoms with Crippen LogP contribution in [0.3, 0.4) is 0 Å². The lowest BCUT2D eigenvalue weighted by molar-refractivity contribution is -0.124. The van der Waals surface area contributed by atoms with E-state index in [4.69, 9.17) is 0 Å². The van der Waals surface area contributed by atoms with Gasteiger partial charge in [-0.2, -0.15) is 0 Å². The maximum Gasteiger partial charge on any atom is 0.324 e. The van der Waals surface area contributed by atoms with E-state index in [9.17, 15) is 9.59 Å². The molecule has 0 bridgehead atoms. The lowest BCUT2D eigenvalue weighted by Gasteiger charge is -2.12. The third-order valence-electron chi connectivity index (χ3n) is 3.58. The van der Waals surface area contributed by atoms with Gasteiger partial charge >= 0.3 is 6.03 Å². The Bertz CT molecular complexity index is 712. The van der Waals surface area contributed by atoms with Crippen LogP contribution in [-0.2, 0) is 4.79 Å². The summed E-state index contributed by atoms with van der Waals surface area (Å²) in [5.74, 6) is 0.640. The molecule has 0 unspecified atom stereocenters. The van der Waals surface area contributed by atoms with Crippen LogP contribution in [0.2, 0.25) is 0 Å². The van der Waals surface area contributed by atoms with Crippen LogP contribution >= 0.6 is 11.8 Å². The first-order chi connectivity index (χ1) is 11.1. The van der Waals surface area contributed by atoms with Crippen molar-refractivity contribution in [1.29, 1.82) is 0 Å². The molecule has 2 heterocycles. The normalized spacial score (nSPS) is 14.4. The minimum atomic E-state index is -0.290. The molecule has 3 amide bonds. The highest BCUT2D eigenvalue weighted by Crippen LogP contribution is 2.21. The number of nitrogens with zero attached hydrogens (tertiary/aromatic N) is 3. The second-order valence-electron chi connectivity index (χ2n) is 5.32. The first kappa shape index (κ1) is 15.6. The summed E-state index contributed by atoms with van der Waals surface area (Å²) >= 11 is 1.62. The summed E-state index contributed by atoms with van der Waals surface area (Å²) < 4.78 is 2.05. The van der Waals surface area contributed by atoms with E-state index < -0.39 is 0 Å². The Balaban J connectivity index is 1.56. The Hall–Kier alpha value is -2.28. The molecule has 3 rings (SSSR count). The highest BCUT2D eigenvalue weighted by molar-refractivity contribution is 7.99. The molecule has 1 aliphatic rings. The monoisotopic (exact) mass is 330 g/mol. The van der Waals surface area contributed by atoms with Gasteiger partial charge in [-0.25, -0.2) is 9.78 Å². The van der Waals surface area contributed by atoms with Gasteiger partial charge in [0.25, 0.3) is 0 Å². The number of nitrogens with one attached hydrogen (secondary N) is 1. The van der Waals surface area contributed by atoms with Crippen molar-refractivity contribution >= 4 is 23.7 Å². The number of carbonyl (C=O) groups is 2. The van der Waals surface area contributed by atoms with Crippen molar-refractivity contribution in [2.24, 2.45) is 0 Å². The van der Waals surface area contributed by atoms with E-state index >= 15 is 0 Å². The van der Waals surface area contributed by atoms with Gasteiger partial charge in [-0.15, -0.1) is 0 Å². The van der Waals surface area contributed by atoms with Gasteiger partial charge in [-0.3, -0.25) is 14.3 Å². The molecule has 1 aliphatic heterocycles. The molecule has 7 heteroatoms. The summed E-state index contributed by atoms with van der Waals surface area (Å²) in [5, 5.41) is 3.43. The van der Waals surface area contributed by atoms with Gasteiger partial charge in [0.05, 0.1) is 6.54 Å². The summed E-state index contributed by atoms with van der Waals surface area (Å²) in [7, 11) is 0. The van der Waals surface area contributed by atoms with Crippen LogP contribution in [-0.4, -0.2) is 45.2 Å². The minimum absolute atomic E-state index is 0.115. The number of aryl methyl sites for hydroxylation is 1. The Morgan fingerprint density at radius 1 is 1.35 bits per heavy atom. The Morgan fingerprint density at radius 2 is 2.22 bits per heavy atom. The minimum Gasteiger partial charge on any atom is -0.329 e. The molecular formula is C16H18N4O2S. The smallest absolute Gasteiger partial charge is 0.324 e. The Kier molecular flexibility index (Phi) is 4.66. The number of hydrogen-bond donors (Lipinski definition) is 1. The van der Waals surface area contributed by atoms with Crippen LogP contribution in [0.4, 0.5) is 4.79 Å². The van der Waals surface area contributed by atoms with Crippen LogP contribution < -0.4 is 5.32 Å². The standard InChI is InChI=1S/C16H18N4O2S/c1-12-4-2-5-13(10-12)19-8-6-17-16(19)23-9-3-7-20-14(21)11-18-15(20)22/h2,4-6,8,10H,3,7,9,11H2,1H3,(H,18,22). The zero-order chi connectivity index (χ0) is 16.2. The highest BCUT2D eigenvalue weighted by atomic mass is 32.2. The number of urea groups is 1. The third-order valence-corrected chi connectivity index (χ3v) is 4.63. The predicted octanol–water partition coefficient (Wildman–Crippen LogP) is 2.21. The molecule has 1 aromatic carbocycles. The van der Waals surface area contributed by atoms with E-state index in [2.05, 4.69) is 29.4 Å². The summed E-state index contributed by atoms with van der Waals surface area (Å²) in [5.41, 5.74) is 2.28. The maximum atomic E-state index is 11.5. The van der Waals surface area contributed by atoms with Gasteiger partial charge in [-0.05, 0) is 31.0 Å². The number of imidazole rings is 1. The first-order valence-corrected chi connectivity index (χ1v) is 8.45. The largest absolute Gasteiger partial charge is 0.329 e. The fourth-order valence-electron chi connectivity index (χ4n) is 2.44. The lowest BCUT2D eigenvalue weighted by atomic mass is 10.2. The number of hydrogen-bond acceptors (Lipinski definition) is 4. The molecule has 2 aromatic rings. The number of imide groups is 1. The number of thioether (sulfide) groups is 1. The van der Waals surface area contributed by atoms with E-state index in [1.165, 1.54) is 10.5 Å². The molecule has 1 aromatic heterocycles. The van der Waals surface area contributed by atoms with E-state index in [0.29, 0.717) is 6.54 Å². The highest BCUT2D eigenvalue weighted by Gasteiger charge is 2.27. The number of rotatable bonds is 6. The molecule has 1 fully saturated rings. The number of amides is 3. The molecule has 0 atom stereocenters. The second kappa shape index (κ2) is 6.87. The van der Waals surface area contributed by atoms with Crippen molar-refractivity contribution in [3.63, 3.8) is 0 Å². The zero-order valence-electron chi connectivity index (χ0n) is 12.9. The fourth-order valence-corrected chi connectivity index (χ4v) is 3.34. The molecule has 23 heavy (non-hydrogen) atoms. The lowest BCUT2D eigenvalue weighted by Crippen LogP contribution is -2.32. The molecular weight excluding hydrogens is 312 g/mol. The summed E-state index contributed by atoms with van der Waals surface area (Å²) in [4.78, 5) is 28.6. The van der Waals surface area contributed by atoms with Crippen LogP contribution in [0, 0.1) is 6.92 Å². The van der Waals surface area contributed by atoms with Crippen molar-refractivity contribution in [3.8, 4) is 5.69 Å². The fraction of sp³-hybridized carbons (Fsp3) is 0.312. The Labute approximate surface area is 138 Å². The molecule has 120 valence electrons. The van der Waals surface area contributed by atoms with Gasteiger partial charge < -0.3 is 5.32 Å². The van der Waals surface area contributed by atoms with Crippen LogP contribution in [0.5, 0.6) is 0 Å². The van der Waals surface area contributed by atoms with Gasteiger partial charge in [-0.1, -0.05) is 23.9 Å². The van der Waals surface area contributed by atoms with Crippen molar-refractivity contribution in [2.75, 3.05) is 18.8 Å². The first-order valence-electron chi connectivity index (χ1n) is 7.46. The molecule has 0 spiro atoms. The molecule has 0 aliphatic carbocycles. The SMILES string of the molecule is Cc1cccc(-n2ccnc2SCCCN2C(=O)CNC2=O)c1. The van der Waals surface area contributed by atoms with E-state index in [1.807, 2.05) is 22.9 Å². The van der Waals surface area contributed by atoms with Crippen molar-refractivity contribution < 1.29 is 9.59 Å². The topological polar surface area (TPSA) is 67.2 Å². The van der Waals surface area contributed by atoms with Crippen LogP contribution in [0.1, 0.15) is 12.0 Å². The third kappa shape index (κ3) is 3.56. The summed E-state index contributed by atoms with van der Waals surface area (Å²) in [6, 6.07) is 7.95. The molecule has 6 nitrogen and oxygen atoms in total. The summed E-state index contributed by atoms with van der Waals surface area (Å²) in [6.07, 6.45) is 4.46. The van der Waals surface area contributed by atoms with Crippen LogP contribution in [0.15, 0.2) is 41.8 Å². The Morgan fingerprint density at radius 3 is 2.96 bits per heavy atom. The van der Waals surface area contributed by atoms with Gasteiger partial charge in [0, 0.05) is 30.4 Å². The molecule has 0 radical (unpaired) electrons. The van der Waals surface area contributed by atoms with E-state index in [0.717, 1.165) is 23.0 Å². The zero-order valence-corrected chi connectivity index (χ0v) is 13.7. The molecule has 0 saturated carbocycles. The average Bonchev–Trinajstić information content (AvgIpc) is 3.12. The summed E-state index contributed by atoms with van der Waals surface area (Å²) in [6.45, 7) is 2.62. The number of aromatic nitrogens is 2. The average molecular weight is 330 g/mol. The van der Waals surface area contributed by atoms with Crippen molar-refractivity contribution in [1.82, 2.24) is 19.8 Å². The van der Waals surface area contributed by atoms with Gasteiger partial charge in [0.2, 0.25) is 5.91 Å². The molecule has 1 N–H and O–H groups in total. The van der Waals surface area contributed by atoms with Crippen molar-refractivity contribution in [2.45, 2.75) is 18.5 Å². The van der Waals surface area contributed by atoms with Gasteiger partial charge in [0.1, 0.15) is 0 Å². The van der Waals surface area contributed by atoms with Gasteiger partial charge in [0.15, 0.2) is 5.16 Å². The van der Waals surface area contributed by atoms with Crippen molar-refractivity contribution in [3.05, 3.63) is 42.2 Å². The van der Waals surface area contributed by atoms with Crippen LogP contribution in [0.25, 0.3) is 5.69 Å². The van der Waals surface area contributed by atoms with E-state index in [1.54, 1.807) is 18.0 Å². The number of carbonyl (C=O) groups excluding carboxylic acids is 2. The number of benzene rings is 1. The predicted molar refractivity (Wildman–Crippen MR) is 88.8 cm³/mol. The maximum absolute atomic E-state index is 11.5. The quantitative estimate of drug-likeness (QED) is 0.501. The molecule has 1 saturated heterocycles. The second-order valence-corrected chi connectivity index (χ2v) is 6.39. The van der Waals surface area contributed by atoms with E-state index in [-0.39, 0.29) is 18.5 Å².